The summed E-state index contributed by atoms with van der Waals surface area (Å²) < 4.78 is 43.7. The lowest BCUT2D eigenvalue weighted by molar-refractivity contribution is 0.0385. The quantitative estimate of drug-likeness (QED) is 0.282. The van der Waals surface area contributed by atoms with E-state index in [4.69, 9.17) is 42.6 Å². The monoisotopic (exact) mass is 495 g/mol. The Morgan fingerprint density at radius 2 is 0.676 bits per heavy atom. The minimum atomic E-state index is 0.653. The lowest BCUT2D eigenvalue weighted by Crippen LogP contribution is -2.06. The van der Waals surface area contributed by atoms with Gasteiger partial charge in [0.2, 0.25) is 0 Å². The fraction of sp³-hybridized carbons (Fsp3) is 0.792. The summed E-state index contributed by atoms with van der Waals surface area (Å²) in [5, 5.41) is 0. The summed E-state index contributed by atoms with van der Waals surface area (Å²) in [4.78, 5) is 3.85. The third-order valence-corrected chi connectivity index (χ3v) is 3.44. The molecule has 10 heteroatoms. The number of methoxy groups -OCH3 is 6. The van der Waals surface area contributed by atoms with Gasteiger partial charge in [-0.25, -0.2) is 0 Å². The van der Waals surface area contributed by atoms with E-state index in [9.17, 15) is 0 Å². The molecule has 0 unspecified atom stereocenters. The molecule has 1 aromatic rings. The average Bonchev–Trinajstić information content (AvgIpc) is 2.86. The van der Waals surface area contributed by atoms with Crippen LogP contribution in [0, 0.1) is 6.92 Å². The largest absolute Gasteiger partial charge is 0.382 e. The first kappa shape index (κ1) is 37.3. The topological polar surface area (TPSA) is 96.0 Å². The van der Waals surface area contributed by atoms with Crippen molar-refractivity contribution in [3.8, 4) is 0 Å². The first-order chi connectivity index (χ1) is 16.6. The Morgan fingerprint density at radius 3 is 0.824 bits per heavy atom. The third-order valence-electron chi connectivity index (χ3n) is 3.44. The zero-order valence-corrected chi connectivity index (χ0v) is 22.4. The summed E-state index contributed by atoms with van der Waals surface area (Å²) in [6.07, 6.45) is 3.57. The molecule has 0 N–H and O–H groups in total. The highest BCUT2D eigenvalue weighted by Gasteiger charge is 1.86. The van der Waals surface area contributed by atoms with E-state index < -0.39 is 0 Å². The van der Waals surface area contributed by atoms with Gasteiger partial charge in [-0.2, -0.15) is 0 Å². The van der Waals surface area contributed by atoms with E-state index in [1.54, 1.807) is 55.1 Å². The van der Waals surface area contributed by atoms with Crippen LogP contribution in [0.1, 0.15) is 5.56 Å². The summed E-state index contributed by atoms with van der Waals surface area (Å²) in [7, 11) is 9.91. The fourth-order valence-corrected chi connectivity index (χ4v) is 1.59. The molecule has 1 aromatic heterocycles. The number of hydrogen-bond acceptors (Lipinski definition) is 10. The second-order valence-corrected chi connectivity index (χ2v) is 6.32. The van der Waals surface area contributed by atoms with Gasteiger partial charge in [-0.05, 0) is 24.6 Å². The van der Waals surface area contributed by atoms with Gasteiger partial charge in [0.25, 0.3) is 0 Å². The van der Waals surface area contributed by atoms with Crippen molar-refractivity contribution in [1.82, 2.24) is 4.98 Å². The Hall–Kier alpha value is -1.21. The van der Waals surface area contributed by atoms with Crippen LogP contribution in [0.5, 0.6) is 0 Å². The van der Waals surface area contributed by atoms with Gasteiger partial charge in [0, 0.05) is 55.1 Å². The van der Waals surface area contributed by atoms with Crippen LogP contribution in [-0.4, -0.2) is 127 Å². The van der Waals surface area contributed by atoms with E-state index in [1.165, 1.54) is 5.56 Å². The van der Waals surface area contributed by atoms with Crippen LogP contribution in [0.3, 0.4) is 0 Å². The molecular formula is C24H49NO9. The zero-order chi connectivity index (χ0) is 26.0. The molecule has 0 atom stereocenters. The highest BCUT2D eigenvalue weighted by Crippen LogP contribution is 1.88. The molecule has 0 bridgehead atoms. The minimum absolute atomic E-state index is 0.653. The van der Waals surface area contributed by atoms with E-state index in [1.807, 2.05) is 19.1 Å². The summed E-state index contributed by atoms with van der Waals surface area (Å²) >= 11 is 0. The third kappa shape index (κ3) is 44.5. The van der Waals surface area contributed by atoms with Crippen LogP contribution in [0.2, 0.25) is 0 Å². The number of aromatic nitrogens is 1. The number of aryl methyl sites for hydroxylation is 1. The van der Waals surface area contributed by atoms with Crippen molar-refractivity contribution in [2.45, 2.75) is 6.92 Å². The van der Waals surface area contributed by atoms with Crippen molar-refractivity contribution >= 4 is 0 Å². The number of rotatable bonds is 18. The molecule has 0 spiro atoms. The van der Waals surface area contributed by atoms with Crippen LogP contribution < -0.4 is 0 Å². The summed E-state index contributed by atoms with van der Waals surface area (Å²) in [5.74, 6) is 0. The first-order valence-electron chi connectivity index (χ1n) is 11.2. The van der Waals surface area contributed by atoms with E-state index in [0.29, 0.717) is 79.3 Å². The summed E-state index contributed by atoms with van der Waals surface area (Å²) in [5.41, 5.74) is 1.26. The van der Waals surface area contributed by atoms with Crippen LogP contribution in [0.25, 0.3) is 0 Å². The number of pyridine rings is 1. The SMILES string of the molecule is COCCOCCOC.COCCOCCOC.COCCOCCOC.Cc1ccncc1. The smallest absolute Gasteiger partial charge is 0.0701 e. The average molecular weight is 496 g/mol. The Kier molecular flexibility index (Phi) is 42.9. The maximum Gasteiger partial charge on any atom is 0.0701 e. The number of hydrogen-bond donors (Lipinski definition) is 0. The second kappa shape index (κ2) is 39.0. The normalized spacial score (nSPS) is 9.74. The molecule has 0 saturated carbocycles. The number of nitrogens with zero attached hydrogens (tertiary/aromatic N) is 1. The van der Waals surface area contributed by atoms with Crippen molar-refractivity contribution in [1.29, 1.82) is 0 Å². The predicted molar refractivity (Wildman–Crippen MR) is 133 cm³/mol. The minimum Gasteiger partial charge on any atom is -0.382 e. The Bertz CT molecular complexity index is 377. The van der Waals surface area contributed by atoms with Gasteiger partial charge < -0.3 is 42.6 Å². The zero-order valence-electron chi connectivity index (χ0n) is 22.4. The Balaban J connectivity index is -0.000000378. The molecule has 0 aromatic carbocycles. The van der Waals surface area contributed by atoms with Gasteiger partial charge in [-0.1, -0.05) is 0 Å². The van der Waals surface area contributed by atoms with Gasteiger partial charge >= 0.3 is 0 Å². The van der Waals surface area contributed by atoms with Crippen LogP contribution >= 0.6 is 0 Å². The van der Waals surface area contributed by atoms with Crippen LogP contribution in [0.15, 0.2) is 24.5 Å². The molecule has 0 amide bonds. The highest BCUT2D eigenvalue weighted by molar-refractivity contribution is 5.05. The molecule has 1 rings (SSSR count). The molecule has 0 saturated heterocycles. The molecule has 0 aliphatic rings. The lowest BCUT2D eigenvalue weighted by Gasteiger charge is -2.00. The maximum absolute atomic E-state index is 5.06. The van der Waals surface area contributed by atoms with E-state index in [0.717, 1.165) is 0 Å². The lowest BCUT2D eigenvalue weighted by atomic mass is 10.3. The Labute approximate surface area is 207 Å². The van der Waals surface area contributed by atoms with Crippen LogP contribution in [0.4, 0.5) is 0 Å². The van der Waals surface area contributed by atoms with Crippen molar-refractivity contribution < 1.29 is 42.6 Å². The molecule has 0 radical (unpaired) electrons. The molecule has 204 valence electrons. The molecule has 0 aliphatic heterocycles. The molecule has 10 nitrogen and oxygen atoms in total. The summed E-state index contributed by atoms with van der Waals surface area (Å²) in [6, 6.07) is 3.94. The van der Waals surface area contributed by atoms with Crippen molar-refractivity contribution in [3.63, 3.8) is 0 Å². The molecule has 1 heterocycles. The van der Waals surface area contributed by atoms with Gasteiger partial charge in [0.15, 0.2) is 0 Å². The molecule has 0 fully saturated rings. The van der Waals surface area contributed by atoms with E-state index >= 15 is 0 Å². The van der Waals surface area contributed by atoms with E-state index in [-0.39, 0.29) is 0 Å². The van der Waals surface area contributed by atoms with Crippen molar-refractivity contribution in [3.05, 3.63) is 30.1 Å². The van der Waals surface area contributed by atoms with Gasteiger partial charge in [0.05, 0.1) is 79.3 Å². The molecule has 0 aliphatic carbocycles. The predicted octanol–water partition coefficient (Wildman–Crippen LogP) is 2.28. The standard InChI is InChI=1S/C6H7N.3C6H14O3/c1-6-2-4-7-5-3-6;3*1-7-3-5-9-6-4-8-2/h2-5H,1H3;3*3-6H2,1-2H3. The van der Waals surface area contributed by atoms with Gasteiger partial charge in [-0.15, -0.1) is 0 Å². The highest BCUT2D eigenvalue weighted by atomic mass is 16.5. The van der Waals surface area contributed by atoms with Gasteiger partial charge in [-0.3, -0.25) is 4.98 Å². The fourth-order valence-electron chi connectivity index (χ4n) is 1.59. The first-order valence-corrected chi connectivity index (χ1v) is 11.2. The second-order valence-electron chi connectivity index (χ2n) is 6.32. The van der Waals surface area contributed by atoms with E-state index in [2.05, 4.69) is 4.98 Å². The summed E-state index contributed by atoms with van der Waals surface area (Å²) in [6.45, 7) is 9.90. The Morgan fingerprint density at radius 1 is 0.441 bits per heavy atom. The van der Waals surface area contributed by atoms with Crippen LogP contribution in [-0.2, 0) is 42.6 Å². The van der Waals surface area contributed by atoms with Crippen molar-refractivity contribution in [2.75, 3.05) is 122 Å². The maximum atomic E-state index is 5.06. The molecule has 34 heavy (non-hydrogen) atoms. The van der Waals surface area contributed by atoms with Crippen molar-refractivity contribution in [2.24, 2.45) is 0 Å². The number of ether oxygens (including phenoxy) is 9. The van der Waals surface area contributed by atoms with Gasteiger partial charge in [0.1, 0.15) is 0 Å². The molecular weight excluding hydrogens is 446 g/mol.